The Labute approximate surface area is 239 Å². The molecule has 41 heavy (non-hydrogen) atoms. The fraction of sp³-hybridized carbons (Fsp3) is 0.241. The van der Waals surface area contributed by atoms with Gasteiger partial charge in [-0.2, -0.15) is 5.10 Å². The van der Waals surface area contributed by atoms with Crippen molar-refractivity contribution in [3.63, 3.8) is 0 Å². The molecule has 0 bridgehead atoms. The van der Waals surface area contributed by atoms with E-state index < -0.39 is 17.9 Å². The van der Waals surface area contributed by atoms with E-state index in [0.29, 0.717) is 30.3 Å². The fourth-order valence-corrected chi connectivity index (χ4v) is 4.29. The van der Waals surface area contributed by atoms with Gasteiger partial charge >= 0.3 is 6.36 Å². The smallest absolute Gasteiger partial charge is 0.493 e. The van der Waals surface area contributed by atoms with E-state index in [2.05, 4.69) is 14.8 Å². The molecule has 2 aromatic heterocycles. The molecule has 0 saturated heterocycles. The molecule has 7 nitrogen and oxygen atoms in total. The third-order valence-corrected chi connectivity index (χ3v) is 6.40. The largest absolute Gasteiger partial charge is 0.573 e. The molecule has 4 rings (SSSR count). The van der Waals surface area contributed by atoms with Crippen molar-refractivity contribution < 1.29 is 31.8 Å². The lowest BCUT2D eigenvalue weighted by molar-refractivity contribution is -0.274. The van der Waals surface area contributed by atoms with Crippen molar-refractivity contribution in [1.29, 1.82) is 0 Å². The Morgan fingerprint density at radius 2 is 1.68 bits per heavy atom. The van der Waals surface area contributed by atoms with E-state index >= 15 is 0 Å². The highest BCUT2D eigenvalue weighted by atomic mass is 35.5. The molecule has 0 fully saturated rings. The zero-order valence-electron chi connectivity index (χ0n) is 22.7. The topological polar surface area (TPSA) is 61.6 Å². The summed E-state index contributed by atoms with van der Waals surface area (Å²) in [6.07, 6.45) is -2.01. The number of alkyl halides is 3. The van der Waals surface area contributed by atoms with E-state index in [4.69, 9.17) is 21.1 Å². The number of halogens is 5. The van der Waals surface area contributed by atoms with E-state index in [1.807, 2.05) is 42.3 Å². The highest BCUT2D eigenvalue weighted by Gasteiger charge is 2.32. The number of pyridine rings is 1. The maximum atomic E-state index is 15.0. The van der Waals surface area contributed by atoms with Gasteiger partial charge in [0.15, 0.2) is 17.3 Å². The van der Waals surface area contributed by atoms with Crippen LogP contribution in [-0.2, 0) is 13.1 Å². The lowest BCUT2D eigenvalue weighted by Crippen LogP contribution is -2.18. The first-order valence-electron chi connectivity index (χ1n) is 12.3. The molecular formula is C29H27ClF4N4O3. The summed E-state index contributed by atoms with van der Waals surface area (Å²) in [7, 11) is 5.12. The van der Waals surface area contributed by atoms with Gasteiger partial charge in [0.05, 0.1) is 25.8 Å². The molecule has 0 unspecified atom stereocenters. The first-order chi connectivity index (χ1) is 19.5. The minimum Gasteiger partial charge on any atom is -0.493 e. The van der Waals surface area contributed by atoms with Crippen molar-refractivity contribution in [2.24, 2.45) is 0 Å². The average Bonchev–Trinajstić information content (AvgIpc) is 3.29. The fourth-order valence-electron chi connectivity index (χ4n) is 4.06. The molecule has 2 aromatic carbocycles. The van der Waals surface area contributed by atoms with Crippen molar-refractivity contribution in [3.8, 4) is 17.2 Å². The molecule has 2 heterocycles. The number of hydrogen-bond donors (Lipinski definition) is 0. The van der Waals surface area contributed by atoms with Crippen LogP contribution in [0.3, 0.4) is 0 Å². The first kappa shape index (κ1) is 29.7. The molecule has 0 spiro atoms. The molecule has 4 aromatic rings. The minimum atomic E-state index is -4.88. The second-order valence-corrected chi connectivity index (χ2v) is 9.54. The Bertz CT molecular complexity index is 1540. The Kier molecular flexibility index (Phi) is 9.07. The van der Waals surface area contributed by atoms with Crippen LogP contribution in [0.4, 0.5) is 23.4 Å². The molecule has 0 aliphatic rings. The van der Waals surface area contributed by atoms with Crippen LogP contribution in [0.5, 0.6) is 17.2 Å². The van der Waals surface area contributed by atoms with Crippen molar-refractivity contribution in [2.75, 3.05) is 26.2 Å². The molecular weight excluding hydrogens is 564 g/mol. The summed E-state index contributed by atoms with van der Waals surface area (Å²) in [5.74, 6) is 0.841. The number of nitrogens with zero attached hydrogens (tertiary/aromatic N) is 4. The molecule has 0 amide bonds. The third-order valence-electron chi connectivity index (χ3n) is 6.10. The monoisotopic (exact) mass is 590 g/mol. The van der Waals surface area contributed by atoms with Gasteiger partial charge < -0.3 is 19.1 Å². The van der Waals surface area contributed by atoms with Gasteiger partial charge in [0, 0.05) is 25.5 Å². The number of ether oxygens (including phenoxy) is 3. The van der Waals surface area contributed by atoms with Crippen molar-refractivity contribution in [1.82, 2.24) is 14.8 Å². The van der Waals surface area contributed by atoms with Crippen LogP contribution in [0.25, 0.3) is 11.9 Å². The summed E-state index contributed by atoms with van der Waals surface area (Å²) in [4.78, 5) is 6.56. The van der Waals surface area contributed by atoms with E-state index in [1.54, 1.807) is 38.1 Å². The SMILES string of the molecule is COc1ccc(CN(C)c2ccc(Cn3nc(C(F)=Cc4ccc(OC(F)(F)F)c(Cl)c4)cc3C)cn2)cc1OC. The second kappa shape index (κ2) is 12.5. The van der Waals surface area contributed by atoms with Crippen LogP contribution in [0, 0.1) is 6.92 Å². The summed E-state index contributed by atoms with van der Waals surface area (Å²) < 4.78 is 68.5. The highest BCUT2D eigenvalue weighted by molar-refractivity contribution is 6.32. The van der Waals surface area contributed by atoms with Crippen LogP contribution in [0.1, 0.15) is 28.1 Å². The van der Waals surface area contributed by atoms with Crippen LogP contribution >= 0.6 is 11.6 Å². The predicted octanol–water partition coefficient (Wildman–Crippen LogP) is 7.31. The van der Waals surface area contributed by atoms with Gasteiger partial charge in [0.25, 0.3) is 0 Å². The van der Waals surface area contributed by atoms with Crippen LogP contribution in [0.2, 0.25) is 5.02 Å². The summed E-state index contributed by atoms with van der Waals surface area (Å²) in [5, 5.41) is 4.04. The third kappa shape index (κ3) is 7.69. The molecule has 0 saturated carbocycles. The van der Waals surface area contributed by atoms with Gasteiger partial charge in [-0.25, -0.2) is 9.37 Å². The maximum absolute atomic E-state index is 15.0. The van der Waals surface area contributed by atoms with E-state index in [-0.39, 0.29) is 16.3 Å². The second-order valence-electron chi connectivity index (χ2n) is 9.13. The lowest BCUT2D eigenvalue weighted by atomic mass is 10.2. The number of rotatable bonds is 10. The van der Waals surface area contributed by atoms with Crippen molar-refractivity contribution in [2.45, 2.75) is 26.4 Å². The normalized spacial score (nSPS) is 11.9. The van der Waals surface area contributed by atoms with Crippen LogP contribution in [-0.4, -0.2) is 42.4 Å². The lowest BCUT2D eigenvalue weighted by Gasteiger charge is -2.19. The summed E-state index contributed by atoms with van der Waals surface area (Å²) in [6, 6.07) is 14.6. The molecule has 0 atom stereocenters. The number of aryl methyl sites for hydroxylation is 1. The molecule has 0 aliphatic heterocycles. The highest BCUT2D eigenvalue weighted by Crippen LogP contribution is 2.32. The van der Waals surface area contributed by atoms with Gasteiger partial charge in [-0.1, -0.05) is 29.8 Å². The summed E-state index contributed by atoms with van der Waals surface area (Å²) in [5.41, 5.74) is 2.94. The van der Waals surface area contributed by atoms with Crippen molar-refractivity contribution >= 4 is 29.3 Å². The average molecular weight is 591 g/mol. The van der Waals surface area contributed by atoms with Gasteiger partial charge in [-0.3, -0.25) is 4.68 Å². The number of methoxy groups -OCH3 is 2. The van der Waals surface area contributed by atoms with Crippen LogP contribution < -0.4 is 19.1 Å². The Morgan fingerprint density at radius 1 is 0.976 bits per heavy atom. The van der Waals surface area contributed by atoms with E-state index in [9.17, 15) is 17.6 Å². The molecule has 12 heteroatoms. The van der Waals surface area contributed by atoms with Crippen molar-refractivity contribution in [3.05, 3.63) is 93.9 Å². The molecule has 0 aliphatic carbocycles. The number of aromatic nitrogens is 3. The zero-order chi connectivity index (χ0) is 29.7. The summed E-state index contributed by atoms with van der Waals surface area (Å²) >= 11 is 5.86. The van der Waals surface area contributed by atoms with Gasteiger partial charge in [0.2, 0.25) is 0 Å². The predicted molar refractivity (Wildman–Crippen MR) is 149 cm³/mol. The van der Waals surface area contributed by atoms with E-state index in [1.165, 1.54) is 12.1 Å². The first-order valence-corrected chi connectivity index (χ1v) is 12.7. The van der Waals surface area contributed by atoms with Gasteiger partial charge in [0.1, 0.15) is 17.3 Å². The van der Waals surface area contributed by atoms with Crippen LogP contribution in [0.15, 0.2) is 60.8 Å². The summed E-state index contributed by atoms with van der Waals surface area (Å²) in [6.45, 7) is 2.76. The molecule has 216 valence electrons. The van der Waals surface area contributed by atoms with Gasteiger partial charge in [-0.15, -0.1) is 13.2 Å². The maximum Gasteiger partial charge on any atom is 0.573 e. The number of anilines is 1. The standard InChI is InChI=1S/C29H27ClF4N4O3/c1-18-11-24(23(31)13-19-5-8-25(22(30)12-19)41-29(32,33)34)36-38(18)17-21-7-10-28(35-15-21)37(2)16-20-6-9-26(39-3)27(14-20)40-4/h5-15H,16-17H2,1-4H3. The van der Waals surface area contributed by atoms with E-state index in [0.717, 1.165) is 29.1 Å². The Balaban J connectivity index is 1.42. The molecule has 0 radical (unpaired) electrons. The van der Waals surface area contributed by atoms with Gasteiger partial charge in [-0.05, 0) is 66.1 Å². The minimum absolute atomic E-state index is 0.0773. The Morgan fingerprint density at radius 3 is 2.32 bits per heavy atom. The molecule has 0 N–H and O–H groups in total. The zero-order valence-corrected chi connectivity index (χ0v) is 23.4. The quantitative estimate of drug-likeness (QED) is 0.181. The Hall–Kier alpha value is -4.25. The number of benzene rings is 2. The number of hydrogen-bond acceptors (Lipinski definition) is 6.